The number of fused-ring (bicyclic) bond motifs is 1. The van der Waals surface area contributed by atoms with Crippen LogP contribution in [0.5, 0.6) is 11.5 Å². The summed E-state index contributed by atoms with van der Waals surface area (Å²) in [5.74, 6) is 1.40. The molecule has 1 aliphatic rings. The maximum Gasteiger partial charge on any atom is 0.248 e. The fraction of sp³-hybridized carbons (Fsp3) is 0.263. The molecule has 0 fully saturated rings. The van der Waals surface area contributed by atoms with Crippen molar-refractivity contribution in [3.63, 3.8) is 0 Å². The molecule has 0 radical (unpaired) electrons. The average Bonchev–Trinajstić information content (AvgIpc) is 2.93. The molecule has 0 spiro atoms. The number of benzene rings is 1. The molecule has 0 saturated carbocycles. The van der Waals surface area contributed by atoms with E-state index in [1.165, 1.54) is 6.08 Å². The second-order valence-electron chi connectivity index (χ2n) is 5.63. The highest BCUT2D eigenvalue weighted by atomic mass is 16.5. The van der Waals surface area contributed by atoms with Crippen molar-refractivity contribution in [2.24, 2.45) is 0 Å². The number of hydrogen-bond acceptors (Lipinski definition) is 4. The zero-order chi connectivity index (χ0) is 16.9. The molecule has 1 amide bonds. The van der Waals surface area contributed by atoms with E-state index in [-0.39, 0.29) is 12.0 Å². The number of anilines is 1. The molecule has 5 nitrogen and oxygen atoms in total. The summed E-state index contributed by atoms with van der Waals surface area (Å²) in [7, 11) is 0. The normalized spacial score (nSPS) is 15.8. The van der Waals surface area contributed by atoms with Crippen molar-refractivity contribution in [1.82, 2.24) is 4.98 Å². The highest BCUT2D eigenvalue weighted by molar-refractivity contribution is 6.02. The molecule has 1 unspecified atom stereocenters. The van der Waals surface area contributed by atoms with Crippen LogP contribution in [0.4, 0.5) is 5.69 Å². The van der Waals surface area contributed by atoms with Crippen molar-refractivity contribution in [3.05, 3.63) is 53.9 Å². The summed E-state index contributed by atoms with van der Waals surface area (Å²) in [6.07, 6.45) is 7.52. The minimum absolute atomic E-state index is 0.169. The van der Waals surface area contributed by atoms with Crippen LogP contribution in [-0.4, -0.2) is 23.6 Å². The Morgan fingerprint density at radius 2 is 2.38 bits per heavy atom. The van der Waals surface area contributed by atoms with E-state index in [1.54, 1.807) is 30.6 Å². The first-order valence-corrected chi connectivity index (χ1v) is 8.01. The molecular weight excluding hydrogens is 304 g/mol. The standard InChI is InChI=1S/C19H20N2O3/c1-3-23-17-11-15-9-13(2)24-18(15)10-14(17)6-7-19(22)21-16-5-4-8-20-12-16/h4-8,10-13H,3,9H2,1-2H3,(H,21,22)/b7-6+. The van der Waals surface area contributed by atoms with Gasteiger partial charge >= 0.3 is 0 Å². The van der Waals surface area contributed by atoms with Gasteiger partial charge in [0.25, 0.3) is 0 Å². The predicted molar refractivity (Wildman–Crippen MR) is 93.3 cm³/mol. The third-order valence-corrected chi connectivity index (χ3v) is 3.67. The van der Waals surface area contributed by atoms with Gasteiger partial charge in [-0.2, -0.15) is 0 Å². The average molecular weight is 324 g/mol. The minimum atomic E-state index is -0.222. The van der Waals surface area contributed by atoms with Gasteiger partial charge in [-0.1, -0.05) is 0 Å². The van der Waals surface area contributed by atoms with E-state index in [4.69, 9.17) is 9.47 Å². The molecule has 1 N–H and O–H groups in total. The molecule has 1 aliphatic heterocycles. The Balaban J connectivity index is 1.78. The Bertz CT molecular complexity index is 757. The quantitative estimate of drug-likeness (QED) is 0.856. The summed E-state index contributed by atoms with van der Waals surface area (Å²) < 4.78 is 11.5. The van der Waals surface area contributed by atoms with Crippen LogP contribution in [0.3, 0.4) is 0 Å². The Kier molecular flexibility index (Phi) is 4.79. The van der Waals surface area contributed by atoms with Crippen LogP contribution in [0, 0.1) is 0 Å². The molecule has 1 atom stereocenters. The topological polar surface area (TPSA) is 60.5 Å². The maximum atomic E-state index is 12.0. The van der Waals surface area contributed by atoms with E-state index < -0.39 is 0 Å². The molecule has 0 bridgehead atoms. The molecule has 3 rings (SSSR count). The third kappa shape index (κ3) is 3.74. The number of carbonyl (C=O) groups excluding carboxylic acids is 1. The van der Waals surface area contributed by atoms with Crippen molar-refractivity contribution >= 4 is 17.7 Å². The van der Waals surface area contributed by atoms with E-state index in [1.807, 2.05) is 26.0 Å². The molecule has 5 heteroatoms. The fourth-order valence-electron chi connectivity index (χ4n) is 2.65. The highest BCUT2D eigenvalue weighted by Crippen LogP contribution is 2.35. The number of carbonyl (C=O) groups is 1. The largest absolute Gasteiger partial charge is 0.493 e. The molecule has 124 valence electrons. The first-order valence-electron chi connectivity index (χ1n) is 8.01. The number of pyridine rings is 1. The molecular formula is C19H20N2O3. The first kappa shape index (κ1) is 16.1. The van der Waals surface area contributed by atoms with Gasteiger partial charge < -0.3 is 14.8 Å². The van der Waals surface area contributed by atoms with Gasteiger partial charge in [-0.05, 0) is 44.2 Å². The van der Waals surface area contributed by atoms with Crippen molar-refractivity contribution in [2.75, 3.05) is 11.9 Å². The van der Waals surface area contributed by atoms with Gasteiger partial charge in [-0.15, -0.1) is 0 Å². The van der Waals surface area contributed by atoms with Crippen LogP contribution in [0.1, 0.15) is 25.0 Å². The molecule has 0 aliphatic carbocycles. The molecule has 1 aromatic heterocycles. The van der Waals surface area contributed by atoms with Gasteiger partial charge in [0.15, 0.2) is 0 Å². The van der Waals surface area contributed by atoms with Gasteiger partial charge in [0.2, 0.25) is 5.91 Å². The molecule has 24 heavy (non-hydrogen) atoms. The van der Waals surface area contributed by atoms with E-state index in [0.717, 1.165) is 29.0 Å². The molecule has 2 aromatic rings. The zero-order valence-electron chi connectivity index (χ0n) is 13.8. The number of amides is 1. The van der Waals surface area contributed by atoms with Gasteiger partial charge in [-0.3, -0.25) is 9.78 Å². The number of nitrogens with zero attached hydrogens (tertiary/aromatic N) is 1. The monoisotopic (exact) mass is 324 g/mol. The number of hydrogen-bond donors (Lipinski definition) is 1. The summed E-state index contributed by atoms with van der Waals surface area (Å²) in [6.45, 7) is 4.55. The lowest BCUT2D eigenvalue weighted by Crippen LogP contribution is -2.07. The Hall–Kier alpha value is -2.82. The van der Waals surface area contributed by atoms with Gasteiger partial charge in [-0.25, -0.2) is 0 Å². The number of aromatic nitrogens is 1. The Labute approximate surface area is 141 Å². The zero-order valence-corrected chi connectivity index (χ0v) is 13.8. The van der Waals surface area contributed by atoms with E-state index in [0.29, 0.717) is 12.3 Å². The van der Waals surface area contributed by atoms with E-state index >= 15 is 0 Å². The second kappa shape index (κ2) is 7.17. The van der Waals surface area contributed by atoms with Crippen LogP contribution in [-0.2, 0) is 11.2 Å². The lowest BCUT2D eigenvalue weighted by molar-refractivity contribution is -0.111. The lowest BCUT2D eigenvalue weighted by Gasteiger charge is -2.10. The summed E-state index contributed by atoms with van der Waals surface area (Å²) in [5, 5.41) is 2.76. The summed E-state index contributed by atoms with van der Waals surface area (Å²) in [5.41, 5.74) is 2.62. The highest BCUT2D eigenvalue weighted by Gasteiger charge is 2.21. The van der Waals surface area contributed by atoms with E-state index in [2.05, 4.69) is 10.3 Å². The van der Waals surface area contributed by atoms with Crippen LogP contribution in [0.15, 0.2) is 42.7 Å². The van der Waals surface area contributed by atoms with Crippen molar-refractivity contribution in [2.45, 2.75) is 26.4 Å². The van der Waals surface area contributed by atoms with Crippen LogP contribution < -0.4 is 14.8 Å². The SMILES string of the molecule is CCOc1cc2c(cc1/C=C/C(=O)Nc1cccnc1)OC(C)C2. The Morgan fingerprint density at radius 1 is 1.50 bits per heavy atom. The fourth-order valence-corrected chi connectivity index (χ4v) is 2.65. The summed E-state index contributed by atoms with van der Waals surface area (Å²) >= 11 is 0. The van der Waals surface area contributed by atoms with Crippen molar-refractivity contribution < 1.29 is 14.3 Å². The van der Waals surface area contributed by atoms with Gasteiger partial charge in [0.1, 0.15) is 17.6 Å². The maximum absolute atomic E-state index is 12.0. The molecule has 2 heterocycles. The number of ether oxygens (including phenoxy) is 2. The molecule has 1 aromatic carbocycles. The van der Waals surface area contributed by atoms with Crippen molar-refractivity contribution in [3.8, 4) is 11.5 Å². The lowest BCUT2D eigenvalue weighted by atomic mass is 10.1. The van der Waals surface area contributed by atoms with Crippen molar-refractivity contribution in [1.29, 1.82) is 0 Å². The first-order chi connectivity index (χ1) is 11.7. The Morgan fingerprint density at radius 3 is 3.12 bits per heavy atom. The van der Waals surface area contributed by atoms with Crippen LogP contribution in [0.2, 0.25) is 0 Å². The van der Waals surface area contributed by atoms with Crippen LogP contribution in [0.25, 0.3) is 6.08 Å². The smallest absolute Gasteiger partial charge is 0.248 e. The third-order valence-electron chi connectivity index (χ3n) is 3.67. The summed E-state index contributed by atoms with van der Waals surface area (Å²) in [6, 6.07) is 7.49. The van der Waals surface area contributed by atoms with Gasteiger partial charge in [0, 0.05) is 29.8 Å². The van der Waals surface area contributed by atoms with Crippen LogP contribution >= 0.6 is 0 Å². The minimum Gasteiger partial charge on any atom is -0.493 e. The van der Waals surface area contributed by atoms with Gasteiger partial charge in [0.05, 0.1) is 18.5 Å². The predicted octanol–water partition coefficient (Wildman–Crippen LogP) is 3.46. The second-order valence-corrected chi connectivity index (χ2v) is 5.63. The molecule has 0 saturated heterocycles. The number of rotatable bonds is 5. The van der Waals surface area contributed by atoms with E-state index in [9.17, 15) is 4.79 Å². The number of nitrogens with one attached hydrogen (secondary N) is 1. The summed E-state index contributed by atoms with van der Waals surface area (Å²) in [4.78, 5) is 16.0.